The standard InChI is InChI=1S/C16H15ClFN3O3S2/c1-24-14(22)8-13(25)9-6-12(11(18)7-10(9)17)19-15-20-4-2-3-5-21(20)16(23)26-15/h6-7H,2-5,8H2,1H3. The van der Waals surface area contributed by atoms with Crippen molar-refractivity contribution in [3.63, 3.8) is 0 Å². The van der Waals surface area contributed by atoms with Crippen LogP contribution in [0.15, 0.2) is 21.9 Å². The van der Waals surface area contributed by atoms with Crippen LogP contribution < -0.4 is 9.67 Å². The fourth-order valence-corrected chi connectivity index (χ4v) is 4.15. The summed E-state index contributed by atoms with van der Waals surface area (Å²) in [5, 5.41) is 0.0927. The zero-order valence-electron chi connectivity index (χ0n) is 13.8. The molecule has 0 bridgehead atoms. The third-order valence-corrected chi connectivity index (χ3v) is 5.52. The maximum absolute atomic E-state index is 14.3. The number of halogens is 2. The molecular weight excluding hydrogens is 401 g/mol. The number of carbonyl (C=O) groups excluding carboxylic acids is 1. The summed E-state index contributed by atoms with van der Waals surface area (Å²) in [5.41, 5.74) is 0.358. The van der Waals surface area contributed by atoms with E-state index in [0.29, 0.717) is 23.5 Å². The van der Waals surface area contributed by atoms with Crippen molar-refractivity contribution in [2.75, 3.05) is 7.11 Å². The van der Waals surface area contributed by atoms with Gasteiger partial charge in [-0.25, -0.2) is 14.1 Å². The van der Waals surface area contributed by atoms with Gasteiger partial charge in [-0.2, -0.15) is 0 Å². The minimum Gasteiger partial charge on any atom is -0.469 e. The first-order valence-corrected chi connectivity index (χ1v) is 9.45. The summed E-state index contributed by atoms with van der Waals surface area (Å²) < 4.78 is 22.3. The van der Waals surface area contributed by atoms with Crippen LogP contribution in [-0.2, 0) is 22.6 Å². The highest BCUT2D eigenvalue weighted by Gasteiger charge is 2.17. The van der Waals surface area contributed by atoms with E-state index in [4.69, 9.17) is 23.8 Å². The van der Waals surface area contributed by atoms with E-state index in [9.17, 15) is 14.0 Å². The highest BCUT2D eigenvalue weighted by molar-refractivity contribution is 7.81. The van der Waals surface area contributed by atoms with Gasteiger partial charge in [-0.1, -0.05) is 23.8 Å². The van der Waals surface area contributed by atoms with Crippen LogP contribution in [0, 0.1) is 5.82 Å². The van der Waals surface area contributed by atoms with E-state index in [0.717, 1.165) is 30.2 Å². The van der Waals surface area contributed by atoms with Gasteiger partial charge in [-0.15, -0.1) is 0 Å². The predicted octanol–water partition coefficient (Wildman–Crippen LogP) is 2.81. The Morgan fingerprint density at radius 1 is 1.38 bits per heavy atom. The summed E-state index contributed by atoms with van der Waals surface area (Å²) in [6.45, 7) is 1.28. The molecule has 0 aliphatic carbocycles. The summed E-state index contributed by atoms with van der Waals surface area (Å²) in [5.74, 6) is -1.14. The summed E-state index contributed by atoms with van der Waals surface area (Å²) in [4.78, 5) is 28.3. The molecule has 3 rings (SSSR count). The van der Waals surface area contributed by atoms with Gasteiger partial charge in [0, 0.05) is 23.5 Å². The first-order chi connectivity index (χ1) is 12.4. The molecule has 1 aliphatic rings. The predicted molar refractivity (Wildman–Crippen MR) is 101 cm³/mol. The average molecular weight is 416 g/mol. The minimum atomic E-state index is -0.629. The molecule has 0 saturated carbocycles. The summed E-state index contributed by atoms with van der Waals surface area (Å²) in [6.07, 6.45) is 1.72. The monoisotopic (exact) mass is 415 g/mol. The molecule has 26 heavy (non-hydrogen) atoms. The van der Waals surface area contributed by atoms with Crippen molar-refractivity contribution in [1.82, 2.24) is 9.36 Å². The SMILES string of the molecule is COC(=O)CC(=S)c1cc(N=c2sc(=O)n3n2CCCC3)c(F)cc1Cl. The lowest BCUT2D eigenvalue weighted by atomic mass is 10.1. The number of nitrogens with zero attached hydrogens (tertiary/aromatic N) is 3. The fraction of sp³-hybridized carbons (Fsp3) is 0.375. The summed E-state index contributed by atoms with van der Waals surface area (Å²) in [7, 11) is 1.26. The van der Waals surface area contributed by atoms with Crippen LogP contribution in [0.4, 0.5) is 10.1 Å². The molecule has 10 heteroatoms. The van der Waals surface area contributed by atoms with E-state index in [1.54, 1.807) is 9.36 Å². The van der Waals surface area contributed by atoms with Gasteiger partial charge < -0.3 is 4.74 Å². The number of aromatic nitrogens is 2. The van der Waals surface area contributed by atoms with Crippen molar-refractivity contribution in [3.05, 3.63) is 43.0 Å². The Morgan fingerprint density at radius 2 is 2.08 bits per heavy atom. The van der Waals surface area contributed by atoms with Crippen LogP contribution in [-0.4, -0.2) is 27.3 Å². The number of esters is 1. The van der Waals surface area contributed by atoms with E-state index in [2.05, 4.69) is 9.73 Å². The molecule has 0 spiro atoms. The van der Waals surface area contributed by atoms with Crippen molar-refractivity contribution in [1.29, 1.82) is 0 Å². The number of thiocarbonyl (C=S) groups is 1. The molecule has 1 aromatic heterocycles. The van der Waals surface area contributed by atoms with Crippen LogP contribution in [0.5, 0.6) is 0 Å². The molecule has 1 aromatic carbocycles. The lowest BCUT2D eigenvalue weighted by Crippen LogP contribution is -2.31. The lowest BCUT2D eigenvalue weighted by Gasteiger charge is -2.15. The van der Waals surface area contributed by atoms with Crippen molar-refractivity contribution in [2.24, 2.45) is 4.99 Å². The van der Waals surface area contributed by atoms with Gasteiger partial charge in [0.05, 0.1) is 18.6 Å². The molecule has 0 N–H and O–H groups in total. The number of hydrogen-bond donors (Lipinski definition) is 0. The van der Waals surface area contributed by atoms with E-state index < -0.39 is 11.8 Å². The van der Waals surface area contributed by atoms with Gasteiger partial charge in [0.1, 0.15) is 11.5 Å². The molecule has 0 saturated heterocycles. The third kappa shape index (κ3) is 3.79. The number of ether oxygens (including phenoxy) is 1. The van der Waals surface area contributed by atoms with Crippen LogP contribution in [0.25, 0.3) is 0 Å². The van der Waals surface area contributed by atoms with E-state index in [1.807, 2.05) is 0 Å². The van der Waals surface area contributed by atoms with E-state index >= 15 is 0 Å². The van der Waals surface area contributed by atoms with Gasteiger partial charge in [0.25, 0.3) is 0 Å². The Morgan fingerprint density at radius 3 is 2.77 bits per heavy atom. The molecule has 1 aliphatic heterocycles. The zero-order chi connectivity index (χ0) is 18.8. The molecule has 0 fully saturated rings. The highest BCUT2D eigenvalue weighted by Crippen LogP contribution is 2.27. The van der Waals surface area contributed by atoms with Crippen molar-refractivity contribution < 1.29 is 13.9 Å². The number of methoxy groups -OCH3 is 1. The molecule has 2 heterocycles. The first-order valence-electron chi connectivity index (χ1n) is 7.85. The number of benzene rings is 1. The maximum Gasteiger partial charge on any atom is 0.325 e. The number of rotatable bonds is 4. The van der Waals surface area contributed by atoms with Gasteiger partial charge in [-0.3, -0.25) is 14.3 Å². The Kier molecular flexibility index (Phi) is 5.69. The van der Waals surface area contributed by atoms with Gasteiger partial charge >= 0.3 is 10.8 Å². The molecule has 0 amide bonds. The quantitative estimate of drug-likeness (QED) is 0.437. The Hall–Kier alpha value is -1.84. The Balaban J connectivity index is 2.06. The number of carbonyl (C=O) groups is 1. The molecule has 6 nitrogen and oxygen atoms in total. The fourth-order valence-electron chi connectivity index (χ4n) is 2.66. The average Bonchev–Trinajstić information content (AvgIpc) is 2.93. The van der Waals surface area contributed by atoms with Gasteiger partial charge in [-0.05, 0) is 36.3 Å². The van der Waals surface area contributed by atoms with Crippen molar-refractivity contribution in [3.8, 4) is 0 Å². The summed E-state index contributed by atoms with van der Waals surface area (Å²) >= 11 is 12.2. The smallest absolute Gasteiger partial charge is 0.325 e. The number of hydrogen-bond acceptors (Lipinski definition) is 6. The van der Waals surface area contributed by atoms with Crippen LogP contribution >= 0.6 is 35.2 Å². The normalized spacial score (nSPS) is 14.2. The second-order valence-electron chi connectivity index (χ2n) is 5.68. The lowest BCUT2D eigenvalue weighted by molar-refractivity contribution is -0.139. The summed E-state index contributed by atoms with van der Waals surface area (Å²) in [6, 6.07) is 2.50. The van der Waals surface area contributed by atoms with Gasteiger partial charge in [0.2, 0.25) is 4.80 Å². The van der Waals surface area contributed by atoms with E-state index in [-0.39, 0.29) is 26.9 Å². The van der Waals surface area contributed by atoms with E-state index in [1.165, 1.54) is 13.2 Å². The molecule has 0 radical (unpaired) electrons. The molecule has 2 aromatic rings. The maximum atomic E-state index is 14.3. The van der Waals surface area contributed by atoms with Crippen molar-refractivity contribution in [2.45, 2.75) is 32.4 Å². The second-order valence-corrected chi connectivity index (χ2v) is 7.49. The highest BCUT2D eigenvalue weighted by atomic mass is 35.5. The molecular formula is C16H15ClFN3O3S2. The van der Waals surface area contributed by atoms with Crippen LogP contribution in [0.1, 0.15) is 24.8 Å². The van der Waals surface area contributed by atoms with Crippen LogP contribution in [0.2, 0.25) is 5.02 Å². The largest absolute Gasteiger partial charge is 0.469 e. The van der Waals surface area contributed by atoms with Gasteiger partial charge in [0.15, 0.2) is 0 Å². The molecule has 138 valence electrons. The first kappa shape index (κ1) is 18.9. The van der Waals surface area contributed by atoms with Crippen molar-refractivity contribution >= 4 is 51.7 Å². The topological polar surface area (TPSA) is 65.6 Å². The minimum absolute atomic E-state index is 0.0133. The second kappa shape index (κ2) is 7.81. The third-order valence-electron chi connectivity index (χ3n) is 3.98. The molecule has 0 atom stereocenters. The van der Waals surface area contributed by atoms with Crippen LogP contribution in [0.3, 0.4) is 0 Å². The Bertz CT molecular complexity index is 1010. The molecule has 0 unspecified atom stereocenters. The zero-order valence-corrected chi connectivity index (χ0v) is 16.2. The Labute approximate surface area is 162 Å². The number of fused-ring (bicyclic) bond motifs is 1.